The third-order valence-corrected chi connectivity index (χ3v) is 4.15. The van der Waals surface area contributed by atoms with Crippen LogP contribution in [0.3, 0.4) is 0 Å². The monoisotopic (exact) mass is 269 g/mol. The molecule has 1 aromatic rings. The molecule has 18 heavy (non-hydrogen) atoms. The maximum absolute atomic E-state index is 6.51. The molecule has 2 N–H and O–H groups in total. The summed E-state index contributed by atoms with van der Waals surface area (Å²) in [6.07, 6.45) is 4.14. The van der Waals surface area contributed by atoms with Crippen LogP contribution in [0, 0.1) is 6.92 Å². The highest BCUT2D eigenvalue weighted by Crippen LogP contribution is 2.48. The second-order valence-electron chi connectivity index (χ2n) is 4.98. The zero-order valence-corrected chi connectivity index (χ0v) is 11.9. The zero-order chi connectivity index (χ0) is 13.3. The molecule has 2 rings (SSSR count). The summed E-state index contributed by atoms with van der Waals surface area (Å²) >= 11 is 6.48. The number of hydrogen-bond donors (Lipinski definition) is 1. The first-order valence-electron chi connectivity index (χ1n) is 6.24. The molecule has 100 valence electrons. The van der Waals surface area contributed by atoms with Gasteiger partial charge in [-0.15, -0.1) is 0 Å². The number of ether oxygens (including phenoxy) is 2. The molecule has 0 heterocycles. The predicted molar refractivity (Wildman–Crippen MR) is 73.6 cm³/mol. The van der Waals surface area contributed by atoms with E-state index in [0.29, 0.717) is 10.8 Å². The van der Waals surface area contributed by atoms with Crippen molar-refractivity contribution >= 4 is 11.6 Å². The van der Waals surface area contributed by atoms with Gasteiger partial charge >= 0.3 is 0 Å². The Morgan fingerprint density at radius 1 is 1.22 bits per heavy atom. The predicted octanol–water partition coefficient (Wildman–Crippen LogP) is 3.39. The molecule has 1 fully saturated rings. The molecular formula is C14H20ClNO2. The van der Waals surface area contributed by atoms with Gasteiger partial charge in [0.25, 0.3) is 0 Å². The third kappa shape index (κ3) is 2.06. The molecule has 0 amide bonds. The number of halogens is 1. The molecule has 3 nitrogen and oxygen atoms in total. The quantitative estimate of drug-likeness (QED) is 0.915. The van der Waals surface area contributed by atoms with E-state index in [4.69, 9.17) is 26.8 Å². The minimum atomic E-state index is -0.386. The Kier molecular flexibility index (Phi) is 3.74. The summed E-state index contributed by atoms with van der Waals surface area (Å²) < 4.78 is 10.8. The van der Waals surface area contributed by atoms with Crippen molar-refractivity contribution in [2.24, 2.45) is 5.73 Å². The van der Waals surface area contributed by atoms with Gasteiger partial charge in [-0.25, -0.2) is 0 Å². The standard InChI is InChI=1S/C14H20ClNO2/c1-9-8-10(17-2)11(12(15)13(9)18-3)14(16)6-4-5-7-14/h8H,4-7,16H2,1-3H3. The number of methoxy groups -OCH3 is 2. The summed E-state index contributed by atoms with van der Waals surface area (Å²) in [4.78, 5) is 0. The first kappa shape index (κ1) is 13.5. The number of nitrogens with two attached hydrogens (primary N) is 1. The van der Waals surface area contributed by atoms with Crippen molar-refractivity contribution in [2.75, 3.05) is 14.2 Å². The van der Waals surface area contributed by atoms with E-state index in [1.165, 1.54) is 0 Å². The molecule has 0 aromatic heterocycles. The second-order valence-corrected chi connectivity index (χ2v) is 5.36. The van der Waals surface area contributed by atoms with E-state index in [9.17, 15) is 0 Å². The summed E-state index contributed by atoms with van der Waals surface area (Å²) in [6, 6.07) is 1.95. The lowest BCUT2D eigenvalue weighted by Gasteiger charge is -2.28. The van der Waals surface area contributed by atoms with Crippen molar-refractivity contribution in [3.63, 3.8) is 0 Å². The minimum Gasteiger partial charge on any atom is -0.496 e. The lowest BCUT2D eigenvalue weighted by Crippen LogP contribution is -2.34. The molecule has 0 radical (unpaired) electrons. The zero-order valence-electron chi connectivity index (χ0n) is 11.2. The fourth-order valence-corrected chi connectivity index (χ4v) is 3.37. The summed E-state index contributed by atoms with van der Waals surface area (Å²) in [6.45, 7) is 1.95. The van der Waals surface area contributed by atoms with Crippen molar-refractivity contribution in [1.82, 2.24) is 0 Å². The SMILES string of the molecule is COc1cc(C)c(OC)c(Cl)c1C1(N)CCCC1. The van der Waals surface area contributed by atoms with Crippen LogP contribution in [0.15, 0.2) is 6.07 Å². The Bertz CT molecular complexity index is 454. The first-order valence-corrected chi connectivity index (χ1v) is 6.61. The lowest BCUT2D eigenvalue weighted by atomic mass is 9.87. The highest BCUT2D eigenvalue weighted by molar-refractivity contribution is 6.33. The lowest BCUT2D eigenvalue weighted by molar-refractivity contribution is 0.370. The van der Waals surface area contributed by atoms with Gasteiger partial charge in [0.2, 0.25) is 0 Å². The van der Waals surface area contributed by atoms with Gasteiger partial charge in [0.05, 0.1) is 19.2 Å². The topological polar surface area (TPSA) is 44.5 Å². The van der Waals surface area contributed by atoms with Gasteiger partial charge in [0.15, 0.2) is 0 Å². The van der Waals surface area contributed by atoms with Gasteiger partial charge < -0.3 is 15.2 Å². The van der Waals surface area contributed by atoms with Crippen LogP contribution in [0.1, 0.15) is 36.8 Å². The summed E-state index contributed by atoms with van der Waals surface area (Å²) in [5.74, 6) is 1.46. The Morgan fingerprint density at radius 2 is 1.83 bits per heavy atom. The first-order chi connectivity index (χ1) is 8.53. The van der Waals surface area contributed by atoms with Crippen molar-refractivity contribution in [3.05, 3.63) is 22.2 Å². The number of rotatable bonds is 3. The summed E-state index contributed by atoms with van der Waals surface area (Å²) in [5, 5.41) is 0.596. The van der Waals surface area contributed by atoms with Crippen LogP contribution in [-0.4, -0.2) is 14.2 Å². The van der Waals surface area contributed by atoms with Gasteiger partial charge in [0, 0.05) is 11.1 Å². The van der Waals surface area contributed by atoms with Crippen molar-refractivity contribution < 1.29 is 9.47 Å². The Balaban J connectivity index is 2.63. The van der Waals surface area contributed by atoms with E-state index in [0.717, 1.165) is 42.6 Å². The molecule has 1 aliphatic rings. The largest absolute Gasteiger partial charge is 0.496 e. The molecule has 0 bridgehead atoms. The van der Waals surface area contributed by atoms with Crippen LogP contribution < -0.4 is 15.2 Å². The molecule has 0 atom stereocenters. The van der Waals surface area contributed by atoms with Gasteiger partial charge in [-0.1, -0.05) is 24.4 Å². The maximum atomic E-state index is 6.51. The van der Waals surface area contributed by atoms with E-state index in [-0.39, 0.29) is 5.54 Å². The molecule has 0 unspecified atom stereocenters. The van der Waals surface area contributed by atoms with Crippen LogP contribution in [0.5, 0.6) is 11.5 Å². The number of benzene rings is 1. The van der Waals surface area contributed by atoms with Crippen molar-refractivity contribution in [1.29, 1.82) is 0 Å². The van der Waals surface area contributed by atoms with E-state index < -0.39 is 0 Å². The van der Waals surface area contributed by atoms with Crippen LogP contribution in [0.25, 0.3) is 0 Å². The average molecular weight is 270 g/mol. The highest BCUT2D eigenvalue weighted by atomic mass is 35.5. The fourth-order valence-electron chi connectivity index (χ4n) is 2.86. The van der Waals surface area contributed by atoms with Gasteiger partial charge in [0.1, 0.15) is 11.5 Å². The Morgan fingerprint density at radius 3 is 2.33 bits per heavy atom. The molecule has 0 aliphatic heterocycles. The molecule has 0 saturated heterocycles. The molecular weight excluding hydrogens is 250 g/mol. The van der Waals surface area contributed by atoms with Gasteiger partial charge in [-0.05, 0) is 31.4 Å². The normalized spacial score (nSPS) is 17.8. The third-order valence-electron chi connectivity index (χ3n) is 3.79. The second kappa shape index (κ2) is 4.98. The molecule has 1 aliphatic carbocycles. The van der Waals surface area contributed by atoms with E-state index >= 15 is 0 Å². The highest BCUT2D eigenvalue weighted by Gasteiger charge is 2.37. The average Bonchev–Trinajstić information content (AvgIpc) is 2.76. The maximum Gasteiger partial charge on any atom is 0.140 e. The Hall–Kier alpha value is -0.930. The smallest absolute Gasteiger partial charge is 0.140 e. The molecule has 1 aromatic carbocycles. The van der Waals surface area contributed by atoms with Gasteiger partial charge in [-0.3, -0.25) is 0 Å². The van der Waals surface area contributed by atoms with Crippen LogP contribution in [0.2, 0.25) is 5.02 Å². The van der Waals surface area contributed by atoms with E-state index in [1.54, 1.807) is 14.2 Å². The van der Waals surface area contributed by atoms with Crippen LogP contribution >= 0.6 is 11.6 Å². The van der Waals surface area contributed by atoms with Gasteiger partial charge in [-0.2, -0.15) is 0 Å². The number of aryl methyl sites for hydroxylation is 1. The molecule has 1 saturated carbocycles. The number of hydrogen-bond acceptors (Lipinski definition) is 3. The summed E-state index contributed by atoms with van der Waals surface area (Å²) in [7, 11) is 3.28. The Labute approximate surface area is 113 Å². The van der Waals surface area contributed by atoms with Crippen molar-refractivity contribution in [3.8, 4) is 11.5 Å². The summed E-state index contributed by atoms with van der Waals surface area (Å²) in [5.41, 5.74) is 7.98. The minimum absolute atomic E-state index is 0.386. The molecule has 0 spiro atoms. The van der Waals surface area contributed by atoms with E-state index in [1.807, 2.05) is 13.0 Å². The van der Waals surface area contributed by atoms with Crippen molar-refractivity contribution in [2.45, 2.75) is 38.1 Å². The molecule has 4 heteroatoms. The fraction of sp³-hybridized carbons (Fsp3) is 0.571. The van der Waals surface area contributed by atoms with Crippen LogP contribution in [-0.2, 0) is 5.54 Å². The van der Waals surface area contributed by atoms with Crippen LogP contribution in [0.4, 0.5) is 0 Å². The van der Waals surface area contributed by atoms with E-state index in [2.05, 4.69) is 0 Å².